The van der Waals surface area contributed by atoms with Gasteiger partial charge in [-0.3, -0.25) is 14.2 Å². The lowest BCUT2D eigenvalue weighted by molar-refractivity contribution is -0.145. The summed E-state index contributed by atoms with van der Waals surface area (Å²) < 4.78 is 11.5. The van der Waals surface area contributed by atoms with Crippen LogP contribution in [0.25, 0.3) is 10.9 Å². The van der Waals surface area contributed by atoms with Crippen LogP contribution in [0.2, 0.25) is 0 Å². The topological polar surface area (TPSA) is 70.4 Å². The van der Waals surface area contributed by atoms with Crippen LogP contribution in [0.3, 0.4) is 0 Å². The molecule has 6 heteroatoms. The number of aromatic nitrogens is 2. The van der Waals surface area contributed by atoms with Gasteiger partial charge in [0.15, 0.2) is 0 Å². The summed E-state index contributed by atoms with van der Waals surface area (Å²) in [7, 11) is 1.59. The van der Waals surface area contributed by atoms with Crippen LogP contribution in [-0.2, 0) is 22.7 Å². The maximum atomic E-state index is 12.3. The number of hydrogen-bond acceptors (Lipinski definition) is 5. The molecule has 1 heterocycles. The molecule has 0 saturated heterocycles. The predicted octanol–water partition coefficient (Wildman–Crippen LogP) is 2.15. The number of nitrogens with zero attached hydrogens (tertiary/aromatic N) is 2. The van der Waals surface area contributed by atoms with Crippen LogP contribution >= 0.6 is 0 Å². The minimum atomic E-state index is -0.495. The molecule has 0 fully saturated rings. The van der Waals surface area contributed by atoms with Gasteiger partial charge in [-0.2, -0.15) is 0 Å². The zero-order chi connectivity index (χ0) is 16.9. The van der Waals surface area contributed by atoms with E-state index in [1.807, 2.05) is 18.2 Å². The third kappa shape index (κ3) is 3.43. The van der Waals surface area contributed by atoms with E-state index in [0.717, 1.165) is 11.3 Å². The van der Waals surface area contributed by atoms with Gasteiger partial charge in [-0.1, -0.05) is 24.3 Å². The monoisotopic (exact) mass is 324 g/mol. The van der Waals surface area contributed by atoms with Gasteiger partial charge >= 0.3 is 5.97 Å². The molecule has 24 heavy (non-hydrogen) atoms. The van der Waals surface area contributed by atoms with Gasteiger partial charge in [0, 0.05) is 0 Å². The van der Waals surface area contributed by atoms with Crippen LogP contribution in [0.5, 0.6) is 5.75 Å². The first-order valence-corrected chi connectivity index (χ1v) is 7.40. The summed E-state index contributed by atoms with van der Waals surface area (Å²) in [6, 6.07) is 14.2. The number of hydrogen-bond donors (Lipinski definition) is 0. The van der Waals surface area contributed by atoms with Crippen molar-refractivity contribution in [3.05, 3.63) is 70.8 Å². The second-order valence-corrected chi connectivity index (χ2v) is 5.20. The van der Waals surface area contributed by atoms with E-state index in [0.29, 0.717) is 10.9 Å². The van der Waals surface area contributed by atoms with Crippen LogP contribution < -0.4 is 10.3 Å². The Morgan fingerprint density at radius 1 is 1.12 bits per heavy atom. The van der Waals surface area contributed by atoms with Crippen LogP contribution in [-0.4, -0.2) is 22.6 Å². The number of ether oxygens (including phenoxy) is 2. The van der Waals surface area contributed by atoms with E-state index in [1.54, 1.807) is 37.4 Å². The average molecular weight is 324 g/mol. The van der Waals surface area contributed by atoms with Crippen molar-refractivity contribution in [2.45, 2.75) is 13.2 Å². The molecule has 3 aromatic rings. The van der Waals surface area contributed by atoms with Crippen LogP contribution in [0.1, 0.15) is 5.56 Å². The highest BCUT2D eigenvalue weighted by molar-refractivity contribution is 5.77. The number of benzene rings is 2. The van der Waals surface area contributed by atoms with Gasteiger partial charge in [-0.15, -0.1) is 0 Å². The Morgan fingerprint density at radius 2 is 1.88 bits per heavy atom. The van der Waals surface area contributed by atoms with E-state index in [-0.39, 0.29) is 18.7 Å². The molecular formula is C18H16N2O4. The van der Waals surface area contributed by atoms with Crippen molar-refractivity contribution in [1.82, 2.24) is 9.55 Å². The van der Waals surface area contributed by atoms with Crippen molar-refractivity contribution in [2.24, 2.45) is 0 Å². The van der Waals surface area contributed by atoms with E-state index >= 15 is 0 Å². The molecule has 122 valence electrons. The SMILES string of the molecule is COc1ccc(COC(=O)Cn2cnc3ccccc3c2=O)cc1. The molecule has 0 atom stereocenters. The van der Waals surface area contributed by atoms with Gasteiger partial charge in [0.2, 0.25) is 0 Å². The molecule has 0 aliphatic carbocycles. The standard InChI is InChI=1S/C18H16N2O4/c1-23-14-8-6-13(7-9-14)11-24-17(21)10-20-12-19-16-5-3-2-4-15(16)18(20)22/h2-9,12H,10-11H2,1H3. The Labute approximate surface area is 138 Å². The average Bonchev–Trinajstić information content (AvgIpc) is 2.63. The number of carbonyl (C=O) groups is 1. The van der Waals surface area contributed by atoms with Gasteiger partial charge in [-0.05, 0) is 29.8 Å². The van der Waals surface area contributed by atoms with Crippen LogP contribution in [0, 0.1) is 0 Å². The minimum Gasteiger partial charge on any atom is -0.497 e. The normalized spacial score (nSPS) is 10.5. The predicted molar refractivity (Wildman–Crippen MR) is 88.8 cm³/mol. The lowest BCUT2D eigenvalue weighted by Gasteiger charge is -2.08. The molecule has 0 N–H and O–H groups in total. The van der Waals surface area contributed by atoms with Gasteiger partial charge in [-0.25, -0.2) is 4.98 Å². The molecule has 2 aromatic carbocycles. The highest BCUT2D eigenvalue weighted by Gasteiger charge is 2.09. The molecule has 0 radical (unpaired) electrons. The fourth-order valence-electron chi connectivity index (χ4n) is 2.29. The fourth-order valence-corrected chi connectivity index (χ4v) is 2.29. The maximum Gasteiger partial charge on any atom is 0.326 e. The second-order valence-electron chi connectivity index (χ2n) is 5.20. The van der Waals surface area contributed by atoms with Gasteiger partial charge in [0.25, 0.3) is 5.56 Å². The molecule has 0 saturated carbocycles. The Hall–Kier alpha value is -3.15. The van der Waals surface area contributed by atoms with E-state index in [2.05, 4.69) is 4.98 Å². The molecule has 0 spiro atoms. The quantitative estimate of drug-likeness (QED) is 0.673. The first kappa shape index (κ1) is 15.7. The summed E-state index contributed by atoms with van der Waals surface area (Å²) in [6.45, 7) is -0.0363. The lowest BCUT2D eigenvalue weighted by Crippen LogP contribution is -2.25. The van der Waals surface area contributed by atoms with E-state index in [9.17, 15) is 9.59 Å². The van der Waals surface area contributed by atoms with Crippen molar-refractivity contribution in [3.63, 3.8) is 0 Å². The zero-order valence-electron chi connectivity index (χ0n) is 13.1. The van der Waals surface area contributed by atoms with E-state index in [1.165, 1.54) is 10.9 Å². The van der Waals surface area contributed by atoms with Crippen LogP contribution in [0.15, 0.2) is 59.7 Å². The molecule has 0 bridgehead atoms. The number of rotatable bonds is 5. The second kappa shape index (κ2) is 6.95. The zero-order valence-corrected chi connectivity index (χ0v) is 13.1. The molecule has 1 aromatic heterocycles. The van der Waals surface area contributed by atoms with Crippen molar-refractivity contribution < 1.29 is 14.3 Å². The number of para-hydroxylation sites is 1. The molecule has 0 amide bonds. The van der Waals surface area contributed by atoms with E-state index < -0.39 is 5.97 Å². The summed E-state index contributed by atoms with van der Waals surface area (Å²) >= 11 is 0. The van der Waals surface area contributed by atoms with Crippen molar-refractivity contribution in [2.75, 3.05) is 7.11 Å². The first-order chi connectivity index (χ1) is 11.7. The highest BCUT2D eigenvalue weighted by Crippen LogP contribution is 2.12. The van der Waals surface area contributed by atoms with Gasteiger partial charge in [0.1, 0.15) is 18.9 Å². The third-order valence-corrected chi connectivity index (χ3v) is 3.59. The molecule has 6 nitrogen and oxygen atoms in total. The van der Waals surface area contributed by atoms with Crippen LogP contribution in [0.4, 0.5) is 0 Å². The van der Waals surface area contributed by atoms with Crippen molar-refractivity contribution in [3.8, 4) is 5.75 Å². The largest absolute Gasteiger partial charge is 0.497 e. The first-order valence-electron chi connectivity index (χ1n) is 7.40. The molecule has 0 aliphatic rings. The molecular weight excluding hydrogens is 308 g/mol. The number of fused-ring (bicyclic) bond motifs is 1. The van der Waals surface area contributed by atoms with Gasteiger partial charge in [0.05, 0.1) is 24.3 Å². The van der Waals surface area contributed by atoms with Crippen molar-refractivity contribution >= 4 is 16.9 Å². The highest BCUT2D eigenvalue weighted by atomic mass is 16.5. The Bertz CT molecular complexity index is 916. The number of carbonyl (C=O) groups excluding carboxylic acids is 1. The number of esters is 1. The third-order valence-electron chi connectivity index (χ3n) is 3.59. The summed E-state index contributed by atoms with van der Waals surface area (Å²) in [5.74, 6) is 0.240. The van der Waals surface area contributed by atoms with Gasteiger partial charge < -0.3 is 9.47 Å². The summed E-state index contributed by atoms with van der Waals surface area (Å²) in [6.07, 6.45) is 1.36. The Balaban J connectivity index is 1.66. The Kier molecular flexibility index (Phi) is 4.56. The lowest BCUT2D eigenvalue weighted by atomic mass is 10.2. The molecule has 0 aliphatic heterocycles. The number of methoxy groups -OCH3 is 1. The smallest absolute Gasteiger partial charge is 0.326 e. The fraction of sp³-hybridized carbons (Fsp3) is 0.167. The summed E-state index contributed by atoms with van der Waals surface area (Å²) in [5.41, 5.74) is 1.18. The minimum absolute atomic E-state index is 0.137. The van der Waals surface area contributed by atoms with E-state index in [4.69, 9.17) is 9.47 Å². The maximum absolute atomic E-state index is 12.3. The van der Waals surface area contributed by atoms with Crippen molar-refractivity contribution in [1.29, 1.82) is 0 Å². The molecule has 0 unspecified atom stereocenters. The Morgan fingerprint density at radius 3 is 2.62 bits per heavy atom. The summed E-state index contributed by atoms with van der Waals surface area (Å²) in [4.78, 5) is 28.4. The molecule has 3 rings (SSSR count). The summed E-state index contributed by atoms with van der Waals surface area (Å²) in [5, 5.41) is 0.475.